The van der Waals surface area contributed by atoms with Gasteiger partial charge in [-0.25, -0.2) is 0 Å². The molecule has 0 unspecified atom stereocenters. The molecule has 6 nitrogen and oxygen atoms in total. The third-order valence-corrected chi connectivity index (χ3v) is 2.13. The summed E-state index contributed by atoms with van der Waals surface area (Å²) in [6.45, 7) is 1.84. The molecule has 2 aromatic rings. The summed E-state index contributed by atoms with van der Waals surface area (Å²) in [5.41, 5.74) is 2.02. The molecule has 0 aromatic carbocycles. The minimum absolute atomic E-state index is 0.195. The number of rotatable bonds is 2. The maximum Gasteiger partial charge on any atom is 0.274 e. The second kappa shape index (κ2) is 3.56. The summed E-state index contributed by atoms with van der Waals surface area (Å²) < 4.78 is 1.52. The lowest BCUT2D eigenvalue weighted by atomic mass is 10.3. The van der Waals surface area contributed by atoms with Gasteiger partial charge in [0.05, 0.1) is 17.6 Å². The van der Waals surface area contributed by atoms with E-state index in [9.17, 15) is 4.79 Å². The summed E-state index contributed by atoms with van der Waals surface area (Å²) in [5.74, 6) is -0.195. The summed E-state index contributed by atoms with van der Waals surface area (Å²) in [6, 6.07) is 1.66. The number of anilines is 1. The highest BCUT2D eigenvalue weighted by molar-refractivity contribution is 6.03. The number of hydrogen-bond acceptors (Lipinski definition) is 3. The van der Waals surface area contributed by atoms with Gasteiger partial charge in [0.2, 0.25) is 0 Å². The average Bonchev–Trinajstić information content (AvgIpc) is 2.76. The van der Waals surface area contributed by atoms with E-state index in [1.165, 1.54) is 4.68 Å². The van der Waals surface area contributed by atoms with Crippen LogP contribution in [0.5, 0.6) is 0 Å². The molecule has 0 saturated heterocycles. The van der Waals surface area contributed by atoms with Crippen LogP contribution in [-0.2, 0) is 7.05 Å². The molecule has 0 aliphatic carbocycles. The van der Waals surface area contributed by atoms with Crippen LogP contribution in [-0.4, -0.2) is 25.9 Å². The Kier molecular flexibility index (Phi) is 2.24. The Balaban J connectivity index is 2.18. The highest BCUT2D eigenvalue weighted by Crippen LogP contribution is 2.11. The fourth-order valence-electron chi connectivity index (χ4n) is 1.26. The van der Waals surface area contributed by atoms with Crippen LogP contribution in [0.4, 0.5) is 5.69 Å². The van der Waals surface area contributed by atoms with Gasteiger partial charge in [-0.3, -0.25) is 14.6 Å². The fourth-order valence-corrected chi connectivity index (χ4v) is 1.26. The molecule has 2 heterocycles. The number of nitrogens with one attached hydrogen (secondary N) is 2. The molecule has 1 amide bonds. The maximum absolute atomic E-state index is 11.7. The molecule has 0 aliphatic rings. The van der Waals surface area contributed by atoms with Crippen molar-refractivity contribution in [1.29, 1.82) is 0 Å². The van der Waals surface area contributed by atoms with Gasteiger partial charge in [0, 0.05) is 13.2 Å². The molecule has 2 rings (SSSR count). The van der Waals surface area contributed by atoms with Crippen molar-refractivity contribution in [1.82, 2.24) is 20.0 Å². The van der Waals surface area contributed by atoms with Crippen molar-refractivity contribution in [2.24, 2.45) is 7.05 Å². The van der Waals surface area contributed by atoms with Crippen molar-refractivity contribution in [3.63, 3.8) is 0 Å². The van der Waals surface area contributed by atoms with Crippen molar-refractivity contribution in [3.8, 4) is 0 Å². The van der Waals surface area contributed by atoms with Crippen molar-refractivity contribution >= 4 is 11.6 Å². The number of amides is 1. The van der Waals surface area contributed by atoms with Crippen LogP contribution in [0.25, 0.3) is 0 Å². The second-order valence-electron chi connectivity index (χ2n) is 3.20. The molecule has 0 fully saturated rings. The van der Waals surface area contributed by atoms with Crippen LogP contribution in [0, 0.1) is 6.92 Å². The van der Waals surface area contributed by atoms with Gasteiger partial charge in [-0.1, -0.05) is 0 Å². The van der Waals surface area contributed by atoms with E-state index in [0.29, 0.717) is 11.4 Å². The number of H-pyrrole nitrogens is 1. The Labute approximate surface area is 86.3 Å². The Hall–Kier alpha value is -2.11. The monoisotopic (exact) mass is 205 g/mol. The predicted octanol–water partition coefficient (Wildman–Crippen LogP) is 0.704. The molecule has 2 aromatic heterocycles. The molecule has 0 saturated carbocycles. The lowest BCUT2D eigenvalue weighted by Crippen LogP contribution is -2.16. The van der Waals surface area contributed by atoms with Gasteiger partial charge in [0.25, 0.3) is 5.91 Å². The van der Waals surface area contributed by atoms with Crippen molar-refractivity contribution < 1.29 is 4.79 Å². The smallest absolute Gasteiger partial charge is 0.274 e. The molecule has 0 spiro atoms. The Morgan fingerprint density at radius 2 is 2.40 bits per heavy atom. The minimum Gasteiger partial charge on any atom is -0.318 e. The first-order valence-electron chi connectivity index (χ1n) is 4.48. The second-order valence-corrected chi connectivity index (χ2v) is 3.20. The highest BCUT2D eigenvalue weighted by atomic mass is 16.2. The van der Waals surface area contributed by atoms with E-state index >= 15 is 0 Å². The Bertz CT molecular complexity index is 484. The lowest BCUT2D eigenvalue weighted by Gasteiger charge is -2.03. The molecule has 0 radical (unpaired) electrons. The van der Waals surface area contributed by atoms with Crippen molar-refractivity contribution in [3.05, 3.63) is 29.8 Å². The van der Waals surface area contributed by atoms with Crippen LogP contribution in [0.15, 0.2) is 18.5 Å². The Morgan fingerprint density at radius 3 is 2.93 bits per heavy atom. The topological polar surface area (TPSA) is 75.6 Å². The largest absolute Gasteiger partial charge is 0.318 e. The zero-order valence-corrected chi connectivity index (χ0v) is 8.48. The molecule has 6 heteroatoms. The van der Waals surface area contributed by atoms with Crippen LogP contribution in [0.2, 0.25) is 0 Å². The van der Waals surface area contributed by atoms with Crippen LogP contribution < -0.4 is 5.32 Å². The van der Waals surface area contributed by atoms with Gasteiger partial charge in [0.15, 0.2) is 0 Å². The number of carbonyl (C=O) groups is 1. The zero-order valence-electron chi connectivity index (χ0n) is 8.48. The van der Waals surface area contributed by atoms with E-state index < -0.39 is 0 Å². The molecule has 0 bridgehead atoms. The molecule has 0 atom stereocenters. The van der Waals surface area contributed by atoms with Crippen molar-refractivity contribution in [2.45, 2.75) is 6.92 Å². The molecule has 0 aliphatic heterocycles. The highest BCUT2D eigenvalue weighted by Gasteiger charge is 2.11. The molecular weight excluding hydrogens is 194 g/mol. The van der Waals surface area contributed by atoms with E-state index in [2.05, 4.69) is 20.6 Å². The molecule has 2 N–H and O–H groups in total. The van der Waals surface area contributed by atoms with Gasteiger partial charge >= 0.3 is 0 Å². The van der Waals surface area contributed by atoms with Gasteiger partial charge in [-0.15, -0.1) is 0 Å². The number of aromatic nitrogens is 4. The van der Waals surface area contributed by atoms with E-state index in [0.717, 1.165) is 5.69 Å². The quantitative estimate of drug-likeness (QED) is 0.757. The SMILES string of the molecule is Cc1[nH]ncc1NC(=O)c1ccnn1C. The van der Waals surface area contributed by atoms with Gasteiger partial charge in [-0.2, -0.15) is 10.2 Å². The van der Waals surface area contributed by atoms with Crippen molar-refractivity contribution in [2.75, 3.05) is 5.32 Å². The summed E-state index contributed by atoms with van der Waals surface area (Å²) in [5, 5.41) is 13.2. The fraction of sp³-hybridized carbons (Fsp3) is 0.222. The average molecular weight is 205 g/mol. The zero-order chi connectivity index (χ0) is 10.8. The van der Waals surface area contributed by atoms with Crippen LogP contribution in [0.1, 0.15) is 16.2 Å². The summed E-state index contributed by atoms with van der Waals surface area (Å²) in [4.78, 5) is 11.7. The van der Waals surface area contributed by atoms with Gasteiger partial charge < -0.3 is 5.32 Å². The summed E-state index contributed by atoms with van der Waals surface area (Å²) in [7, 11) is 1.72. The van der Waals surface area contributed by atoms with Gasteiger partial charge in [-0.05, 0) is 13.0 Å². The maximum atomic E-state index is 11.7. The standard InChI is InChI=1S/C9H11N5O/c1-6-7(5-10-13-6)12-9(15)8-3-4-11-14(8)2/h3-5H,1-2H3,(H,10,13)(H,12,15). The number of aromatic amines is 1. The number of aryl methyl sites for hydroxylation is 2. The Morgan fingerprint density at radius 1 is 1.60 bits per heavy atom. The first kappa shape index (κ1) is 9.45. The third-order valence-electron chi connectivity index (χ3n) is 2.13. The first-order chi connectivity index (χ1) is 7.18. The number of nitrogens with zero attached hydrogens (tertiary/aromatic N) is 3. The summed E-state index contributed by atoms with van der Waals surface area (Å²) >= 11 is 0. The predicted molar refractivity (Wildman–Crippen MR) is 54.5 cm³/mol. The lowest BCUT2D eigenvalue weighted by molar-refractivity contribution is 0.101. The van der Waals surface area contributed by atoms with Crippen LogP contribution >= 0.6 is 0 Å². The summed E-state index contributed by atoms with van der Waals surface area (Å²) in [6.07, 6.45) is 3.15. The van der Waals surface area contributed by atoms with E-state index in [1.54, 1.807) is 25.5 Å². The molecular formula is C9H11N5O. The number of hydrogen-bond donors (Lipinski definition) is 2. The normalized spacial score (nSPS) is 10.3. The first-order valence-corrected chi connectivity index (χ1v) is 4.48. The van der Waals surface area contributed by atoms with Crippen LogP contribution in [0.3, 0.4) is 0 Å². The van der Waals surface area contributed by atoms with Gasteiger partial charge in [0.1, 0.15) is 5.69 Å². The van der Waals surface area contributed by atoms with E-state index in [1.807, 2.05) is 6.92 Å². The van der Waals surface area contributed by atoms with E-state index in [-0.39, 0.29) is 5.91 Å². The molecule has 15 heavy (non-hydrogen) atoms. The minimum atomic E-state index is -0.195. The molecule has 78 valence electrons. The third kappa shape index (κ3) is 1.74. The number of carbonyl (C=O) groups excluding carboxylic acids is 1. The van der Waals surface area contributed by atoms with E-state index in [4.69, 9.17) is 0 Å².